The third-order valence-corrected chi connectivity index (χ3v) is 3.13. The molecule has 16 heavy (non-hydrogen) atoms. The summed E-state index contributed by atoms with van der Waals surface area (Å²) in [5.41, 5.74) is -0.956. The lowest BCUT2D eigenvalue weighted by Gasteiger charge is -2.40. The summed E-state index contributed by atoms with van der Waals surface area (Å²) in [6.07, 6.45) is 1.32. The van der Waals surface area contributed by atoms with Crippen molar-refractivity contribution >= 4 is 5.91 Å². The number of rotatable bonds is 2. The van der Waals surface area contributed by atoms with E-state index in [4.69, 9.17) is 0 Å². The highest BCUT2D eigenvalue weighted by atomic mass is 16.3. The van der Waals surface area contributed by atoms with Gasteiger partial charge in [-0.25, -0.2) is 0 Å². The molecule has 0 aromatic rings. The van der Waals surface area contributed by atoms with Crippen molar-refractivity contribution in [1.29, 1.82) is 0 Å². The molecule has 0 radical (unpaired) electrons. The first-order valence-corrected chi connectivity index (χ1v) is 5.95. The van der Waals surface area contributed by atoms with Crippen LogP contribution in [0.25, 0.3) is 0 Å². The van der Waals surface area contributed by atoms with Gasteiger partial charge in [0, 0.05) is 25.0 Å². The molecule has 0 spiro atoms. The van der Waals surface area contributed by atoms with Gasteiger partial charge in [0.1, 0.15) is 0 Å². The summed E-state index contributed by atoms with van der Waals surface area (Å²) in [7, 11) is 1.84. The van der Waals surface area contributed by atoms with Crippen LogP contribution in [0.4, 0.5) is 0 Å². The number of amides is 1. The Morgan fingerprint density at radius 1 is 1.38 bits per heavy atom. The maximum absolute atomic E-state index is 12.0. The quantitative estimate of drug-likeness (QED) is 0.728. The number of nitrogens with one attached hydrogen (secondary N) is 1. The Morgan fingerprint density at radius 2 is 1.88 bits per heavy atom. The minimum Gasteiger partial charge on any atom is -0.388 e. The summed E-state index contributed by atoms with van der Waals surface area (Å²) in [4.78, 5) is 13.9. The van der Waals surface area contributed by atoms with Crippen molar-refractivity contribution in [2.75, 3.05) is 26.7 Å². The summed E-state index contributed by atoms with van der Waals surface area (Å²) < 4.78 is 0. The molecule has 1 aliphatic heterocycles. The van der Waals surface area contributed by atoms with Crippen LogP contribution < -0.4 is 5.32 Å². The summed E-state index contributed by atoms with van der Waals surface area (Å²) in [5.74, 6) is 0.180. The highest BCUT2D eigenvalue weighted by molar-refractivity contribution is 5.81. The molecule has 0 aromatic carbocycles. The van der Waals surface area contributed by atoms with Crippen LogP contribution in [0.15, 0.2) is 0 Å². The van der Waals surface area contributed by atoms with Gasteiger partial charge in [-0.15, -0.1) is 0 Å². The van der Waals surface area contributed by atoms with Gasteiger partial charge < -0.3 is 15.3 Å². The van der Waals surface area contributed by atoms with Crippen molar-refractivity contribution < 1.29 is 9.90 Å². The van der Waals surface area contributed by atoms with Gasteiger partial charge in [0.25, 0.3) is 0 Å². The van der Waals surface area contributed by atoms with E-state index in [2.05, 4.69) is 5.32 Å². The van der Waals surface area contributed by atoms with E-state index in [9.17, 15) is 9.90 Å². The number of aliphatic hydroxyl groups is 1. The summed E-state index contributed by atoms with van der Waals surface area (Å²) >= 11 is 0. The molecule has 0 bridgehead atoms. The fourth-order valence-electron chi connectivity index (χ4n) is 2.11. The van der Waals surface area contributed by atoms with Gasteiger partial charge >= 0.3 is 0 Å². The second-order valence-electron chi connectivity index (χ2n) is 5.80. The molecular weight excluding hydrogens is 204 g/mol. The molecule has 4 nitrogen and oxygen atoms in total. The maximum atomic E-state index is 12.0. The molecule has 0 atom stereocenters. The Morgan fingerprint density at radius 3 is 2.25 bits per heavy atom. The van der Waals surface area contributed by atoms with E-state index in [0.717, 1.165) is 0 Å². The molecule has 0 saturated carbocycles. The normalized spacial score (nSPS) is 20.9. The summed E-state index contributed by atoms with van der Waals surface area (Å²) in [5, 5.41) is 13.2. The molecule has 0 aliphatic carbocycles. The lowest BCUT2D eigenvalue weighted by atomic mass is 9.88. The first-order chi connectivity index (χ1) is 7.28. The van der Waals surface area contributed by atoms with Crippen molar-refractivity contribution in [3.63, 3.8) is 0 Å². The van der Waals surface area contributed by atoms with Crippen molar-refractivity contribution in [2.24, 2.45) is 5.41 Å². The third kappa shape index (κ3) is 3.19. The Kier molecular flexibility index (Phi) is 3.97. The predicted octanol–water partition coefficient (Wildman–Crippen LogP) is 0.605. The van der Waals surface area contributed by atoms with Crippen LogP contribution in [0.1, 0.15) is 33.6 Å². The zero-order chi connectivity index (χ0) is 12.4. The van der Waals surface area contributed by atoms with Crippen molar-refractivity contribution in [3.05, 3.63) is 0 Å². The Balaban J connectivity index is 2.52. The molecule has 1 heterocycles. The third-order valence-electron chi connectivity index (χ3n) is 3.13. The van der Waals surface area contributed by atoms with Crippen LogP contribution in [0, 0.1) is 5.41 Å². The van der Waals surface area contributed by atoms with Crippen LogP contribution in [-0.2, 0) is 4.79 Å². The largest absolute Gasteiger partial charge is 0.388 e. The molecule has 1 rings (SSSR count). The number of carbonyl (C=O) groups excluding carboxylic acids is 1. The molecule has 0 unspecified atom stereocenters. The van der Waals surface area contributed by atoms with Crippen LogP contribution >= 0.6 is 0 Å². The smallest absolute Gasteiger partial charge is 0.227 e. The van der Waals surface area contributed by atoms with E-state index in [0.29, 0.717) is 32.5 Å². The van der Waals surface area contributed by atoms with Crippen molar-refractivity contribution in [2.45, 2.75) is 39.2 Å². The highest BCUT2D eigenvalue weighted by Crippen LogP contribution is 2.25. The average molecular weight is 228 g/mol. The second kappa shape index (κ2) is 4.72. The molecule has 1 saturated heterocycles. The number of likely N-dealkylation sites (N-methyl/N-ethyl adjacent to an activating group) is 1. The molecule has 0 aromatic heterocycles. The summed E-state index contributed by atoms with van der Waals surface area (Å²) in [6, 6.07) is 0. The van der Waals surface area contributed by atoms with Crippen LogP contribution in [0.5, 0.6) is 0 Å². The van der Waals surface area contributed by atoms with E-state index in [-0.39, 0.29) is 11.3 Å². The number of carbonyl (C=O) groups is 1. The van der Waals surface area contributed by atoms with Crippen molar-refractivity contribution in [3.8, 4) is 0 Å². The Labute approximate surface area is 98.0 Å². The van der Waals surface area contributed by atoms with Gasteiger partial charge in [-0.05, 0) is 19.9 Å². The van der Waals surface area contributed by atoms with Gasteiger partial charge in [-0.2, -0.15) is 0 Å². The second-order valence-corrected chi connectivity index (χ2v) is 5.80. The zero-order valence-electron chi connectivity index (χ0n) is 10.8. The SMILES string of the molecule is CNCC1(O)CCN(C(=O)C(C)(C)C)CC1. The maximum Gasteiger partial charge on any atom is 0.227 e. The van der Waals surface area contributed by atoms with Crippen LogP contribution in [0.2, 0.25) is 0 Å². The van der Waals surface area contributed by atoms with Gasteiger partial charge in [-0.3, -0.25) is 4.79 Å². The number of hydrogen-bond donors (Lipinski definition) is 2. The minimum atomic E-state index is -0.636. The fraction of sp³-hybridized carbons (Fsp3) is 0.917. The van der Waals surface area contributed by atoms with Crippen LogP contribution in [0.3, 0.4) is 0 Å². The topological polar surface area (TPSA) is 52.6 Å². The molecular formula is C12H24N2O2. The molecule has 1 fully saturated rings. The van der Waals surface area contributed by atoms with Gasteiger partial charge in [0.2, 0.25) is 5.91 Å². The zero-order valence-corrected chi connectivity index (χ0v) is 10.8. The number of hydrogen-bond acceptors (Lipinski definition) is 3. The molecule has 1 aliphatic rings. The average Bonchev–Trinajstić information content (AvgIpc) is 2.16. The first kappa shape index (κ1) is 13.5. The lowest BCUT2D eigenvalue weighted by molar-refractivity contribution is -0.143. The Bertz CT molecular complexity index is 250. The Hall–Kier alpha value is -0.610. The summed E-state index contributed by atoms with van der Waals surface area (Å²) in [6.45, 7) is 7.73. The molecule has 4 heteroatoms. The van der Waals surface area contributed by atoms with Gasteiger partial charge in [0.15, 0.2) is 0 Å². The van der Waals surface area contributed by atoms with Gasteiger partial charge in [0.05, 0.1) is 5.60 Å². The minimum absolute atomic E-state index is 0.180. The van der Waals surface area contributed by atoms with E-state index in [1.54, 1.807) is 0 Å². The van der Waals surface area contributed by atoms with E-state index in [1.807, 2.05) is 32.7 Å². The predicted molar refractivity (Wildman–Crippen MR) is 64.1 cm³/mol. The van der Waals surface area contributed by atoms with Gasteiger partial charge in [-0.1, -0.05) is 20.8 Å². The fourth-order valence-corrected chi connectivity index (χ4v) is 2.11. The van der Waals surface area contributed by atoms with E-state index >= 15 is 0 Å². The molecule has 2 N–H and O–H groups in total. The molecule has 1 amide bonds. The first-order valence-electron chi connectivity index (χ1n) is 5.95. The standard InChI is InChI=1S/C12H24N2O2/c1-11(2,3)10(15)14-7-5-12(16,6-8-14)9-13-4/h13,16H,5-9H2,1-4H3. The highest BCUT2D eigenvalue weighted by Gasteiger charge is 2.36. The number of likely N-dealkylation sites (tertiary alicyclic amines) is 1. The van der Waals surface area contributed by atoms with E-state index in [1.165, 1.54) is 0 Å². The van der Waals surface area contributed by atoms with Crippen molar-refractivity contribution in [1.82, 2.24) is 10.2 Å². The van der Waals surface area contributed by atoms with E-state index < -0.39 is 5.60 Å². The lowest BCUT2D eigenvalue weighted by Crippen LogP contribution is -2.52. The van der Waals surface area contributed by atoms with Crippen LogP contribution in [-0.4, -0.2) is 48.2 Å². The number of piperidine rings is 1. The molecule has 94 valence electrons. The monoisotopic (exact) mass is 228 g/mol. The number of nitrogens with zero attached hydrogens (tertiary/aromatic N) is 1.